The number of hydrogen-bond acceptors (Lipinski definition) is 7. The molecule has 0 amide bonds. The number of carbonyl (C=O) groups excluding carboxylic acids is 2. The lowest BCUT2D eigenvalue weighted by Gasteiger charge is -2.49. The summed E-state index contributed by atoms with van der Waals surface area (Å²) in [6.45, 7) is 7.66. The Morgan fingerprint density at radius 3 is 1.76 bits per heavy atom. The normalized spacial score (nSPS) is 22.0. The van der Waals surface area contributed by atoms with E-state index in [-0.39, 0.29) is 12.4 Å². The fourth-order valence-corrected chi connectivity index (χ4v) is 3.05. The van der Waals surface area contributed by atoms with Crippen LogP contribution in [0.5, 0.6) is 0 Å². The molecular weight excluding hydrogens is 276 g/mol. The average Bonchev–Trinajstić information content (AvgIpc) is 2.50. The predicted molar refractivity (Wildman–Crippen MR) is 74.8 cm³/mol. The monoisotopic (exact) mass is 300 g/mol. The van der Waals surface area contributed by atoms with Crippen LogP contribution in [0.2, 0.25) is 0 Å². The van der Waals surface area contributed by atoms with Crippen LogP contribution in [0.3, 0.4) is 0 Å². The molecule has 2 aliphatic rings. The van der Waals surface area contributed by atoms with Gasteiger partial charge in [0.15, 0.2) is 5.78 Å². The maximum absolute atomic E-state index is 12.7. The van der Waals surface area contributed by atoms with Gasteiger partial charge in [-0.1, -0.05) is 0 Å². The minimum atomic E-state index is -1.34. The summed E-state index contributed by atoms with van der Waals surface area (Å²) < 4.78 is 16.0. The quantitative estimate of drug-likeness (QED) is 0.501. The Morgan fingerprint density at radius 2 is 1.43 bits per heavy atom. The minimum absolute atomic E-state index is 0.204. The van der Waals surface area contributed by atoms with Gasteiger partial charge in [0.1, 0.15) is 0 Å². The van der Waals surface area contributed by atoms with Gasteiger partial charge < -0.3 is 14.2 Å². The lowest BCUT2D eigenvalue weighted by molar-refractivity contribution is -0.189. The van der Waals surface area contributed by atoms with E-state index in [0.717, 1.165) is 0 Å². The minimum Gasteiger partial charge on any atom is -0.463 e. The summed E-state index contributed by atoms with van der Waals surface area (Å²) in [5, 5.41) is 0. The summed E-state index contributed by atoms with van der Waals surface area (Å²) in [5.41, 5.74) is -1.34. The van der Waals surface area contributed by atoms with Crippen LogP contribution in [0.25, 0.3) is 0 Å². The maximum atomic E-state index is 12.7. The number of hydrogen-bond donors (Lipinski definition) is 0. The lowest BCUT2D eigenvalue weighted by atomic mass is 9.99. The van der Waals surface area contributed by atoms with Gasteiger partial charge in [0.25, 0.3) is 0 Å². The van der Waals surface area contributed by atoms with Crippen molar-refractivity contribution in [3.8, 4) is 0 Å². The molecule has 2 fully saturated rings. The van der Waals surface area contributed by atoms with Crippen molar-refractivity contribution >= 4 is 11.8 Å². The molecule has 0 bridgehead atoms. The summed E-state index contributed by atoms with van der Waals surface area (Å²) >= 11 is 0. The highest BCUT2D eigenvalue weighted by molar-refractivity contribution is 6.07. The van der Waals surface area contributed by atoms with E-state index in [2.05, 4.69) is 0 Å². The van der Waals surface area contributed by atoms with E-state index in [1.807, 2.05) is 9.80 Å². The largest absolute Gasteiger partial charge is 0.463 e. The molecule has 0 aromatic carbocycles. The topological polar surface area (TPSA) is 68.3 Å². The first kappa shape index (κ1) is 16.4. The molecule has 0 spiro atoms. The van der Waals surface area contributed by atoms with Gasteiger partial charge in [-0.25, -0.2) is 4.79 Å². The summed E-state index contributed by atoms with van der Waals surface area (Å²) in [5.74, 6) is -0.689. The number of nitrogens with zero attached hydrogens (tertiary/aromatic N) is 2. The second kappa shape index (κ2) is 7.31. The van der Waals surface area contributed by atoms with Crippen molar-refractivity contribution in [1.82, 2.24) is 9.80 Å². The number of rotatable bonds is 5. The Balaban J connectivity index is 2.36. The van der Waals surface area contributed by atoms with Crippen LogP contribution in [0.15, 0.2) is 0 Å². The van der Waals surface area contributed by atoms with E-state index < -0.39 is 11.6 Å². The summed E-state index contributed by atoms with van der Waals surface area (Å²) in [7, 11) is 0. The van der Waals surface area contributed by atoms with Crippen molar-refractivity contribution in [2.75, 3.05) is 59.2 Å². The third-order valence-corrected chi connectivity index (χ3v) is 3.99. The van der Waals surface area contributed by atoms with Crippen LogP contribution in [0.4, 0.5) is 0 Å². The van der Waals surface area contributed by atoms with E-state index in [9.17, 15) is 9.59 Å². The van der Waals surface area contributed by atoms with Crippen molar-refractivity contribution in [3.05, 3.63) is 0 Å². The smallest absolute Gasteiger partial charge is 0.349 e. The van der Waals surface area contributed by atoms with E-state index in [1.54, 1.807) is 6.92 Å². The van der Waals surface area contributed by atoms with Crippen molar-refractivity contribution in [2.24, 2.45) is 0 Å². The van der Waals surface area contributed by atoms with Gasteiger partial charge in [-0.05, 0) is 13.8 Å². The molecule has 2 rings (SSSR count). The van der Waals surface area contributed by atoms with Crippen LogP contribution in [0, 0.1) is 0 Å². The molecule has 0 saturated carbocycles. The number of ether oxygens (including phenoxy) is 3. The molecule has 0 radical (unpaired) electrons. The van der Waals surface area contributed by atoms with Gasteiger partial charge in [-0.15, -0.1) is 0 Å². The average molecular weight is 300 g/mol. The zero-order valence-corrected chi connectivity index (χ0v) is 12.8. The zero-order chi connectivity index (χ0) is 15.3. The Labute approximate surface area is 125 Å². The lowest BCUT2D eigenvalue weighted by Crippen LogP contribution is -2.73. The molecule has 21 heavy (non-hydrogen) atoms. The van der Waals surface area contributed by atoms with E-state index in [0.29, 0.717) is 52.6 Å². The zero-order valence-electron chi connectivity index (χ0n) is 12.8. The highest BCUT2D eigenvalue weighted by atomic mass is 16.5. The predicted octanol–water partition coefficient (Wildman–Crippen LogP) is -0.501. The molecule has 7 heteroatoms. The summed E-state index contributed by atoms with van der Waals surface area (Å²) in [6, 6.07) is 0. The second-order valence-electron chi connectivity index (χ2n) is 5.15. The van der Waals surface area contributed by atoms with Gasteiger partial charge >= 0.3 is 5.97 Å². The third-order valence-electron chi connectivity index (χ3n) is 3.99. The SMILES string of the molecule is CCOC(=O)C(C(C)=O)(N1CCOCC1)N1CCOCC1. The molecule has 0 N–H and O–H groups in total. The van der Waals surface area contributed by atoms with Crippen LogP contribution in [-0.2, 0) is 23.8 Å². The molecule has 0 unspecified atom stereocenters. The Hall–Kier alpha value is -1.02. The van der Waals surface area contributed by atoms with Gasteiger partial charge in [0.2, 0.25) is 5.66 Å². The Bertz CT molecular complexity index is 358. The summed E-state index contributed by atoms with van der Waals surface area (Å²) in [4.78, 5) is 29.0. The molecular formula is C14H24N2O5. The molecule has 2 saturated heterocycles. The molecule has 2 heterocycles. The van der Waals surface area contributed by atoms with Gasteiger partial charge in [-0.3, -0.25) is 14.6 Å². The van der Waals surface area contributed by atoms with Crippen molar-refractivity contribution < 1.29 is 23.8 Å². The number of morpholine rings is 2. The number of carbonyl (C=O) groups is 2. The van der Waals surface area contributed by atoms with Crippen molar-refractivity contribution in [1.29, 1.82) is 0 Å². The Morgan fingerprint density at radius 1 is 1.00 bits per heavy atom. The Kier molecular flexibility index (Phi) is 5.69. The summed E-state index contributed by atoms with van der Waals surface area (Å²) in [6.07, 6.45) is 0. The van der Waals surface area contributed by atoms with Crippen LogP contribution in [0.1, 0.15) is 13.8 Å². The fourth-order valence-electron chi connectivity index (χ4n) is 3.05. The molecule has 0 atom stereocenters. The van der Waals surface area contributed by atoms with Gasteiger partial charge in [-0.2, -0.15) is 0 Å². The first-order valence-electron chi connectivity index (χ1n) is 7.47. The molecule has 0 aromatic heterocycles. The molecule has 0 aliphatic carbocycles. The number of ketones is 1. The molecule has 0 aromatic rings. The highest BCUT2D eigenvalue weighted by Crippen LogP contribution is 2.26. The van der Waals surface area contributed by atoms with Crippen LogP contribution < -0.4 is 0 Å². The van der Waals surface area contributed by atoms with Crippen molar-refractivity contribution in [2.45, 2.75) is 19.5 Å². The van der Waals surface area contributed by atoms with E-state index in [4.69, 9.17) is 14.2 Å². The molecule has 7 nitrogen and oxygen atoms in total. The molecule has 120 valence electrons. The van der Waals surface area contributed by atoms with Crippen molar-refractivity contribution in [3.63, 3.8) is 0 Å². The van der Waals surface area contributed by atoms with Gasteiger partial charge in [0.05, 0.1) is 33.0 Å². The first-order chi connectivity index (χ1) is 10.1. The van der Waals surface area contributed by atoms with Crippen LogP contribution >= 0.6 is 0 Å². The second-order valence-corrected chi connectivity index (χ2v) is 5.15. The van der Waals surface area contributed by atoms with Crippen LogP contribution in [-0.4, -0.2) is 86.4 Å². The number of Topliss-reactive ketones (excluding diaryl/α,β-unsaturated/α-hetero) is 1. The highest BCUT2D eigenvalue weighted by Gasteiger charge is 2.55. The molecule has 2 aliphatic heterocycles. The van der Waals surface area contributed by atoms with Gasteiger partial charge in [0, 0.05) is 26.2 Å². The van der Waals surface area contributed by atoms with E-state index >= 15 is 0 Å². The standard InChI is InChI=1S/C14H24N2O5/c1-3-21-13(18)14(12(2)17,15-4-8-19-9-5-15)16-6-10-20-11-7-16/h3-11H2,1-2H3. The third kappa shape index (κ3) is 3.11. The first-order valence-corrected chi connectivity index (χ1v) is 7.47. The fraction of sp³-hybridized carbons (Fsp3) is 0.857. The number of esters is 1. The van der Waals surface area contributed by atoms with E-state index in [1.165, 1.54) is 6.92 Å². The maximum Gasteiger partial charge on any atom is 0.349 e.